The van der Waals surface area contributed by atoms with Gasteiger partial charge in [-0.25, -0.2) is 19.9 Å². The molecule has 1 amide bonds. The van der Waals surface area contributed by atoms with E-state index >= 15 is 0 Å². The van der Waals surface area contributed by atoms with Crippen LogP contribution >= 0.6 is 11.8 Å². The van der Waals surface area contributed by atoms with Crippen LogP contribution in [0.1, 0.15) is 36.0 Å². The molecular formula is C20H20N6OS. The van der Waals surface area contributed by atoms with E-state index in [4.69, 9.17) is 0 Å². The van der Waals surface area contributed by atoms with Gasteiger partial charge in [0, 0.05) is 42.3 Å². The fraction of sp³-hybridized carbons (Fsp3) is 0.300. The zero-order valence-electron chi connectivity index (χ0n) is 15.2. The lowest BCUT2D eigenvalue weighted by molar-refractivity contribution is 0.0927. The van der Waals surface area contributed by atoms with E-state index in [-0.39, 0.29) is 11.9 Å². The number of amides is 1. The summed E-state index contributed by atoms with van der Waals surface area (Å²) < 4.78 is 0. The topological polar surface area (TPSA) is 93.6 Å². The van der Waals surface area contributed by atoms with Crippen molar-refractivity contribution in [2.45, 2.75) is 42.1 Å². The molecule has 0 unspecified atom stereocenters. The SMILES string of the molecule is O=C(NC1CCC(Sc2ncccn2)CC1)c1cnc(-c2ccccn2)nc1. The Bertz CT molecular complexity index is 899. The van der Waals surface area contributed by atoms with E-state index in [1.165, 1.54) is 0 Å². The molecule has 7 nitrogen and oxygen atoms in total. The van der Waals surface area contributed by atoms with Crippen molar-refractivity contribution >= 4 is 17.7 Å². The molecule has 28 heavy (non-hydrogen) atoms. The van der Waals surface area contributed by atoms with Crippen molar-refractivity contribution in [2.24, 2.45) is 0 Å². The van der Waals surface area contributed by atoms with Crippen molar-refractivity contribution in [1.29, 1.82) is 0 Å². The van der Waals surface area contributed by atoms with Gasteiger partial charge in [0.1, 0.15) is 5.69 Å². The number of hydrogen-bond acceptors (Lipinski definition) is 7. The number of nitrogens with one attached hydrogen (secondary N) is 1. The molecule has 1 saturated carbocycles. The highest BCUT2D eigenvalue weighted by Gasteiger charge is 2.24. The highest BCUT2D eigenvalue weighted by molar-refractivity contribution is 7.99. The first-order valence-corrected chi connectivity index (χ1v) is 10.1. The minimum absolute atomic E-state index is 0.130. The molecule has 0 atom stereocenters. The second-order valence-corrected chi connectivity index (χ2v) is 7.87. The van der Waals surface area contributed by atoms with E-state index in [0.29, 0.717) is 22.3 Å². The smallest absolute Gasteiger partial charge is 0.254 e. The largest absolute Gasteiger partial charge is 0.349 e. The standard InChI is InChI=1S/C20H20N6OS/c27-19(14-12-24-18(25-13-14)17-4-1-2-9-21-17)26-15-5-7-16(8-6-15)28-20-22-10-3-11-23-20/h1-4,9-13,15-16H,5-8H2,(H,26,27). The normalized spacial score (nSPS) is 19.1. The van der Waals surface area contributed by atoms with E-state index in [1.54, 1.807) is 42.7 Å². The van der Waals surface area contributed by atoms with Gasteiger partial charge in [0.15, 0.2) is 11.0 Å². The molecule has 4 rings (SSSR count). The van der Waals surface area contributed by atoms with Crippen LogP contribution in [0.2, 0.25) is 0 Å². The molecule has 1 aliphatic rings. The number of pyridine rings is 1. The van der Waals surface area contributed by atoms with E-state index in [9.17, 15) is 4.79 Å². The van der Waals surface area contributed by atoms with Gasteiger partial charge in [-0.15, -0.1) is 0 Å². The molecular weight excluding hydrogens is 372 g/mol. The van der Waals surface area contributed by atoms with Gasteiger partial charge in [0.25, 0.3) is 5.91 Å². The summed E-state index contributed by atoms with van der Waals surface area (Å²) in [6.45, 7) is 0. The lowest BCUT2D eigenvalue weighted by Crippen LogP contribution is -2.38. The highest BCUT2D eigenvalue weighted by Crippen LogP contribution is 2.31. The third kappa shape index (κ3) is 4.69. The van der Waals surface area contributed by atoms with E-state index < -0.39 is 0 Å². The molecule has 0 bridgehead atoms. The second-order valence-electron chi connectivity index (χ2n) is 6.61. The fourth-order valence-corrected chi connectivity index (χ4v) is 4.21. The average Bonchev–Trinajstić information content (AvgIpc) is 2.76. The fourth-order valence-electron chi connectivity index (χ4n) is 3.16. The third-order valence-corrected chi connectivity index (χ3v) is 5.86. The van der Waals surface area contributed by atoms with Crippen LogP contribution in [-0.2, 0) is 0 Å². The van der Waals surface area contributed by atoms with Gasteiger partial charge >= 0.3 is 0 Å². The van der Waals surface area contributed by atoms with Crippen LogP contribution in [0.25, 0.3) is 11.5 Å². The van der Waals surface area contributed by atoms with Gasteiger partial charge < -0.3 is 5.32 Å². The summed E-state index contributed by atoms with van der Waals surface area (Å²) in [4.78, 5) is 33.8. The molecule has 0 saturated heterocycles. The summed E-state index contributed by atoms with van der Waals surface area (Å²) in [5.74, 6) is 0.382. The quantitative estimate of drug-likeness (QED) is 0.667. The lowest BCUT2D eigenvalue weighted by atomic mass is 9.95. The molecule has 0 radical (unpaired) electrons. The monoisotopic (exact) mass is 392 g/mol. The van der Waals surface area contributed by atoms with Crippen LogP contribution < -0.4 is 5.32 Å². The molecule has 142 valence electrons. The maximum Gasteiger partial charge on any atom is 0.254 e. The summed E-state index contributed by atoms with van der Waals surface area (Å²) in [6.07, 6.45) is 12.3. The molecule has 3 aromatic heterocycles. The highest BCUT2D eigenvalue weighted by atomic mass is 32.2. The lowest BCUT2D eigenvalue weighted by Gasteiger charge is -2.28. The first-order chi connectivity index (χ1) is 13.8. The van der Waals surface area contributed by atoms with Crippen LogP contribution in [0.4, 0.5) is 0 Å². The Morgan fingerprint density at radius 2 is 1.61 bits per heavy atom. The van der Waals surface area contributed by atoms with E-state index in [1.807, 2.05) is 24.3 Å². The minimum atomic E-state index is -0.130. The molecule has 0 aliphatic heterocycles. The van der Waals surface area contributed by atoms with Crippen LogP contribution in [-0.4, -0.2) is 42.1 Å². The number of rotatable bonds is 5. The first-order valence-electron chi connectivity index (χ1n) is 9.26. The van der Waals surface area contributed by atoms with E-state index in [0.717, 1.165) is 30.8 Å². The molecule has 1 N–H and O–H groups in total. The number of aromatic nitrogens is 5. The molecule has 0 aromatic carbocycles. The zero-order chi connectivity index (χ0) is 19.2. The summed E-state index contributed by atoms with van der Waals surface area (Å²) >= 11 is 1.72. The molecule has 0 spiro atoms. The van der Waals surface area contributed by atoms with Crippen LogP contribution in [0.3, 0.4) is 0 Å². The summed E-state index contributed by atoms with van der Waals surface area (Å²) in [5, 5.41) is 4.42. The maximum atomic E-state index is 12.5. The van der Waals surface area contributed by atoms with Crippen LogP contribution in [0.5, 0.6) is 0 Å². The minimum Gasteiger partial charge on any atom is -0.349 e. The number of hydrogen-bond donors (Lipinski definition) is 1. The number of carbonyl (C=O) groups is 1. The van der Waals surface area contributed by atoms with Crippen LogP contribution in [0, 0.1) is 0 Å². The number of carbonyl (C=O) groups excluding carboxylic acids is 1. The number of thioether (sulfide) groups is 1. The molecule has 1 fully saturated rings. The molecule has 1 aliphatic carbocycles. The van der Waals surface area contributed by atoms with Gasteiger partial charge in [0.05, 0.1) is 5.56 Å². The van der Waals surface area contributed by atoms with Crippen LogP contribution in [0.15, 0.2) is 60.4 Å². The second kappa shape index (κ2) is 8.88. The van der Waals surface area contributed by atoms with Crippen molar-refractivity contribution in [1.82, 2.24) is 30.2 Å². The molecule has 3 aromatic rings. The third-order valence-electron chi connectivity index (χ3n) is 4.63. The Hall–Kier alpha value is -2.87. The van der Waals surface area contributed by atoms with E-state index in [2.05, 4.69) is 30.2 Å². The van der Waals surface area contributed by atoms with Gasteiger partial charge in [-0.3, -0.25) is 9.78 Å². The van der Waals surface area contributed by atoms with Crippen molar-refractivity contribution < 1.29 is 4.79 Å². The maximum absolute atomic E-state index is 12.5. The molecule has 8 heteroatoms. The Kier molecular flexibility index (Phi) is 5.86. The average molecular weight is 392 g/mol. The van der Waals surface area contributed by atoms with Crippen molar-refractivity contribution in [2.75, 3.05) is 0 Å². The predicted molar refractivity (Wildman–Crippen MR) is 107 cm³/mol. The Morgan fingerprint density at radius 3 is 2.29 bits per heavy atom. The number of nitrogens with zero attached hydrogens (tertiary/aromatic N) is 5. The zero-order valence-corrected chi connectivity index (χ0v) is 16.0. The van der Waals surface area contributed by atoms with Gasteiger partial charge in [-0.05, 0) is 43.9 Å². The van der Waals surface area contributed by atoms with Crippen molar-refractivity contribution in [3.8, 4) is 11.5 Å². The molecule has 3 heterocycles. The summed E-state index contributed by atoms with van der Waals surface area (Å²) in [6, 6.07) is 7.56. The predicted octanol–water partition coefficient (Wildman–Crippen LogP) is 3.16. The van der Waals surface area contributed by atoms with Gasteiger partial charge in [-0.1, -0.05) is 17.8 Å². The Labute approximate surface area is 167 Å². The van der Waals surface area contributed by atoms with Crippen molar-refractivity contribution in [3.05, 3.63) is 60.8 Å². The van der Waals surface area contributed by atoms with Gasteiger partial charge in [0.2, 0.25) is 0 Å². The first kappa shape index (κ1) is 18.5. The van der Waals surface area contributed by atoms with Gasteiger partial charge in [-0.2, -0.15) is 0 Å². The summed E-state index contributed by atoms with van der Waals surface area (Å²) in [5.41, 5.74) is 1.15. The van der Waals surface area contributed by atoms with Crippen molar-refractivity contribution in [3.63, 3.8) is 0 Å². The summed E-state index contributed by atoms with van der Waals surface area (Å²) in [7, 11) is 0. The Balaban J connectivity index is 1.29. The Morgan fingerprint density at radius 1 is 0.893 bits per heavy atom.